The third kappa shape index (κ3) is 5.50. The van der Waals surface area contributed by atoms with Crippen molar-refractivity contribution in [3.05, 3.63) is 33.4 Å². The molecule has 0 aliphatic carbocycles. The van der Waals surface area contributed by atoms with Crippen molar-refractivity contribution in [2.24, 2.45) is 0 Å². The van der Waals surface area contributed by atoms with Crippen molar-refractivity contribution in [2.75, 3.05) is 0 Å². The zero-order valence-corrected chi connectivity index (χ0v) is 20.5. The minimum atomic E-state index is -1.46. The quantitative estimate of drug-likeness (QED) is 0.219. The topological polar surface area (TPSA) is 94.8 Å². The second-order valence-electron chi connectivity index (χ2n) is 9.61. The fraction of sp³-hybridized carbons (Fsp3) is 0.615. The van der Waals surface area contributed by atoms with Gasteiger partial charge in [-0.25, -0.2) is 9.59 Å². The van der Waals surface area contributed by atoms with Gasteiger partial charge in [0.1, 0.15) is 11.3 Å². The van der Waals surface area contributed by atoms with Crippen LogP contribution in [-0.2, 0) is 33.3 Å². The van der Waals surface area contributed by atoms with Gasteiger partial charge < -0.3 is 15.3 Å². The molecule has 0 fully saturated rings. The molecule has 1 aromatic carbocycles. The van der Waals surface area contributed by atoms with Crippen molar-refractivity contribution in [2.45, 2.75) is 105 Å². The first-order valence-corrected chi connectivity index (χ1v) is 11.4. The van der Waals surface area contributed by atoms with Crippen LogP contribution in [0, 0.1) is 0 Å². The molecule has 0 saturated carbocycles. The number of phenolic OH excluding ortho intramolecular Hbond substituents is 1. The van der Waals surface area contributed by atoms with Gasteiger partial charge in [0.25, 0.3) is 0 Å². The van der Waals surface area contributed by atoms with E-state index in [-0.39, 0.29) is 16.6 Å². The molecule has 0 spiro atoms. The highest BCUT2D eigenvalue weighted by molar-refractivity contribution is 6.16. The van der Waals surface area contributed by atoms with Crippen molar-refractivity contribution in [3.63, 3.8) is 0 Å². The number of rotatable bonds is 11. The third-order valence-corrected chi connectivity index (χ3v) is 6.29. The molecule has 0 aromatic heterocycles. The number of hydrogen-bond donors (Lipinski definition) is 3. The Labute approximate surface area is 187 Å². The number of benzene rings is 1. The Balaban J connectivity index is 4.32. The average molecular weight is 433 g/mol. The predicted molar refractivity (Wildman–Crippen MR) is 126 cm³/mol. The van der Waals surface area contributed by atoms with Gasteiger partial charge >= 0.3 is 11.9 Å². The van der Waals surface area contributed by atoms with Gasteiger partial charge in [-0.2, -0.15) is 0 Å². The lowest BCUT2D eigenvalue weighted by atomic mass is 9.68. The van der Waals surface area contributed by atoms with Gasteiger partial charge in [0.15, 0.2) is 0 Å². The smallest absolute Gasteiger partial charge is 0.343 e. The van der Waals surface area contributed by atoms with Gasteiger partial charge in [0.2, 0.25) is 0 Å². The van der Waals surface area contributed by atoms with Crippen LogP contribution in [0.15, 0.2) is 5.57 Å². The molecule has 5 nitrogen and oxygen atoms in total. The van der Waals surface area contributed by atoms with Gasteiger partial charge in [-0.3, -0.25) is 0 Å². The minimum Gasteiger partial charge on any atom is -0.507 e. The molecule has 0 bridgehead atoms. The van der Waals surface area contributed by atoms with E-state index in [2.05, 4.69) is 41.5 Å². The largest absolute Gasteiger partial charge is 0.507 e. The van der Waals surface area contributed by atoms with Crippen LogP contribution in [0.5, 0.6) is 5.75 Å². The second kappa shape index (κ2) is 10.3. The molecule has 0 unspecified atom stereocenters. The van der Waals surface area contributed by atoms with E-state index in [1.165, 1.54) is 6.08 Å². The molecule has 5 heteroatoms. The van der Waals surface area contributed by atoms with E-state index in [4.69, 9.17) is 0 Å². The highest BCUT2D eigenvalue weighted by Crippen LogP contribution is 2.48. The van der Waals surface area contributed by atoms with Crippen LogP contribution in [0.3, 0.4) is 0 Å². The van der Waals surface area contributed by atoms with E-state index in [9.17, 15) is 24.9 Å². The van der Waals surface area contributed by atoms with Crippen molar-refractivity contribution >= 4 is 18.0 Å². The first-order chi connectivity index (χ1) is 14.3. The van der Waals surface area contributed by atoms with Crippen LogP contribution in [0.25, 0.3) is 6.08 Å². The number of hydrogen-bond acceptors (Lipinski definition) is 3. The highest BCUT2D eigenvalue weighted by atomic mass is 16.4. The van der Waals surface area contributed by atoms with Crippen LogP contribution in [0.2, 0.25) is 0 Å². The SMILES string of the molecule is CCCC(C)(C)c1c(O)c(C(C)(C)CCC)c(CC)c(C=C(C(=O)O)C(=O)O)c1CC. The Morgan fingerprint density at radius 1 is 0.774 bits per heavy atom. The monoisotopic (exact) mass is 432 g/mol. The predicted octanol–water partition coefficient (Wildman–Crippen LogP) is 6.23. The lowest BCUT2D eigenvalue weighted by Crippen LogP contribution is -2.26. The number of carboxylic acid groups (broad SMARTS) is 2. The highest BCUT2D eigenvalue weighted by Gasteiger charge is 2.36. The molecule has 0 heterocycles. The lowest BCUT2D eigenvalue weighted by Gasteiger charge is -2.36. The van der Waals surface area contributed by atoms with Crippen LogP contribution >= 0.6 is 0 Å². The Bertz CT molecular complexity index is 796. The summed E-state index contributed by atoms with van der Waals surface area (Å²) >= 11 is 0. The number of aromatic hydroxyl groups is 1. The minimum absolute atomic E-state index is 0.287. The maximum Gasteiger partial charge on any atom is 0.343 e. The molecular weight excluding hydrogens is 392 g/mol. The summed E-state index contributed by atoms with van der Waals surface area (Å²) in [6, 6.07) is 0. The zero-order chi connectivity index (χ0) is 24.1. The van der Waals surface area contributed by atoms with Crippen molar-refractivity contribution in [3.8, 4) is 5.75 Å². The van der Waals surface area contributed by atoms with Crippen molar-refractivity contribution < 1.29 is 24.9 Å². The summed E-state index contributed by atoms with van der Waals surface area (Å²) in [4.78, 5) is 23.4. The molecule has 174 valence electrons. The van der Waals surface area contributed by atoms with Crippen LogP contribution < -0.4 is 0 Å². The summed E-state index contributed by atoms with van der Waals surface area (Å²) in [7, 11) is 0. The van der Waals surface area contributed by atoms with Gasteiger partial charge in [-0.15, -0.1) is 0 Å². The lowest BCUT2D eigenvalue weighted by molar-refractivity contribution is -0.140. The molecule has 0 aliphatic rings. The molecule has 31 heavy (non-hydrogen) atoms. The van der Waals surface area contributed by atoms with Crippen LogP contribution in [0.4, 0.5) is 0 Å². The number of carbonyl (C=O) groups is 2. The van der Waals surface area contributed by atoms with E-state index in [1.54, 1.807) is 0 Å². The van der Waals surface area contributed by atoms with Gasteiger partial charge in [0.05, 0.1) is 0 Å². The molecule has 0 atom stereocenters. The summed E-state index contributed by atoms with van der Waals surface area (Å²) in [5.74, 6) is -2.64. The first-order valence-electron chi connectivity index (χ1n) is 11.4. The first kappa shape index (κ1) is 26.7. The summed E-state index contributed by atoms with van der Waals surface area (Å²) in [5, 5.41) is 30.7. The van der Waals surface area contributed by atoms with Gasteiger partial charge in [-0.05, 0) is 59.3 Å². The number of carboxylic acids is 2. The Morgan fingerprint density at radius 2 is 1.13 bits per heavy atom. The Kier molecular flexibility index (Phi) is 8.92. The molecule has 1 aromatic rings. The fourth-order valence-corrected chi connectivity index (χ4v) is 5.09. The summed E-state index contributed by atoms with van der Waals surface area (Å²) in [6.07, 6.45) is 5.99. The molecular formula is C26H40O5. The van der Waals surface area contributed by atoms with Crippen LogP contribution in [-0.4, -0.2) is 27.3 Å². The summed E-state index contributed by atoms with van der Waals surface area (Å²) < 4.78 is 0. The van der Waals surface area contributed by atoms with E-state index in [0.29, 0.717) is 18.4 Å². The summed E-state index contributed by atoms with van der Waals surface area (Å²) in [5.41, 5.74) is 2.59. The average Bonchev–Trinajstić information content (AvgIpc) is 2.64. The van der Waals surface area contributed by atoms with Crippen molar-refractivity contribution in [1.29, 1.82) is 0 Å². The number of aliphatic carboxylic acids is 2. The molecule has 0 amide bonds. The van der Waals surface area contributed by atoms with Crippen molar-refractivity contribution in [1.82, 2.24) is 0 Å². The Morgan fingerprint density at radius 3 is 1.39 bits per heavy atom. The standard InChI is InChI=1S/C26H40O5/c1-9-13-25(5,6)20-16(11-3)18(15-19(23(28)29)24(30)31)17(12-4)21(22(20)27)26(7,8)14-10-2/h15,27H,9-14H2,1-8H3,(H,28,29)(H,30,31). The van der Waals surface area contributed by atoms with E-state index in [0.717, 1.165) is 47.9 Å². The van der Waals surface area contributed by atoms with E-state index >= 15 is 0 Å². The normalized spacial score (nSPS) is 12.0. The van der Waals surface area contributed by atoms with E-state index < -0.39 is 17.5 Å². The third-order valence-electron chi connectivity index (χ3n) is 6.29. The molecule has 0 saturated heterocycles. The molecule has 3 N–H and O–H groups in total. The fourth-order valence-electron chi connectivity index (χ4n) is 5.09. The maximum absolute atomic E-state index is 11.7. The number of phenols is 1. The molecule has 0 radical (unpaired) electrons. The van der Waals surface area contributed by atoms with Crippen LogP contribution in [0.1, 0.15) is 109 Å². The maximum atomic E-state index is 11.7. The van der Waals surface area contributed by atoms with Gasteiger partial charge in [0, 0.05) is 11.1 Å². The van der Waals surface area contributed by atoms with Gasteiger partial charge in [-0.1, -0.05) is 68.2 Å². The second-order valence-corrected chi connectivity index (χ2v) is 9.61. The molecule has 1 rings (SSSR count). The summed E-state index contributed by atoms with van der Waals surface area (Å²) in [6.45, 7) is 16.5. The Hall–Kier alpha value is -2.30. The van der Waals surface area contributed by atoms with E-state index in [1.807, 2.05) is 13.8 Å². The molecule has 0 aliphatic heterocycles. The zero-order valence-electron chi connectivity index (χ0n) is 20.5.